The number of carbonyl (C=O) groups excluding carboxylic acids is 2. The van der Waals surface area contributed by atoms with Crippen LogP contribution in [0.2, 0.25) is 0 Å². The van der Waals surface area contributed by atoms with Crippen molar-refractivity contribution in [1.82, 2.24) is 15.6 Å². The predicted molar refractivity (Wildman–Crippen MR) is 104 cm³/mol. The third-order valence-electron chi connectivity index (χ3n) is 3.43. The maximum absolute atomic E-state index is 12.0. The van der Waals surface area contributed by atoms with Gasteiger partial charge >= 0.3 is 0 Å². The van der Waals surface area contributed by atoms with Crippen LogP contribution in [0.15, 0.2) is 64.4 Å². The van der Waals surface area contributed by atoms with E-state index in [1.54, 1.807) is 18.2 Å². The number of benzene rings is 2. The molecule has 0 saturated heterocycles. The fourth-order valence-electron chi connectivity index (χ4n) is 2.00. The Kier molecular flexibility index (Phi) is 7.83. The summed E-state index contributed by atoms with van der Waals surface area (Å²) in [4.78, 5) is 24.5. The number of nitrogens with one attached hydrogen (secondary N) is 3. The molecule has 0 aliphatic heterocycles. The number of hydrogen-bond donors (Lipinski definition) is 3. The topological polar surface area (TPSA) is 104 Å². The van der Waals surface area contributed by atoms with Gasteiger partial charge in [0, 0.05) is 17.9 Å². The molecule has 0 fully saturated rings. The van der Waals surface area contributed by atoms with Gasteiger partial charge in [-0.2, -0.15) is 0 Å². The second kappa shape index (κ2) is 10.1. The van der Waals surface area contributed by atoms with Gasteiger partial charge in [0.1, 0.15) is 0 Å². The van der Waals surface area contributed by atoms with E-state index in [9.17, 15) is 18.0 Å². The summed E-state index contributed by atoms with van der Waals surface area (Å²) >= 11 is 1.35. The Morgan fingerprint density at radius 2 is 1.56 bits per heavy atom. The third-order valence-corrected chi connectivity index (χ3v) is 5.92. The first-order valence-corrected chi connectivity index (χ1v) is 10.7. The van der Waals surface area contributed by atoms with Crippen LogP contribution >= 0.6 is 11.8 Å². The number of thioether (sulfide) groups is 1. The number of hydrazine groups is 1. The molecule has 27 heavy (non-hydrogen) atoms. The molecular weight excluding hydrogens is 386 g/mol. The summed E-state index contributed by atoms with van der Waals surface area (Å²) in [5, 5.41) is 0. The van der Waals surface area contributed by atoms with Crippen LogP contribution < -0.4 is 15.6 Å². The van der Waals surface area contributed by atoms with Crippen LogP contribution in [-0.2, 0) is 19.6 Å². The third kappa shape index (κ3) is 7.41. The normalized spacial score (nSPS) is 11.0. The molecule has 0 aromatic heterocycles. The molecule has 0 aliphatic rings. The minimum Gasteiger partial charge on any atom is -0.273 e. The van der Waals surface area contributed by atoms with Crippen LogP contribution in [0.3, 0.4) is 0 Å². The molecule has 3 N–H and O–H groups in total. The molecule has 9 heteroatoms. The molecule has 0 heterocycles. The number of rotatable bonds is 8. The standard InChI is InChI=1S/C18H21N3O4S2/c1-14-7-9-15(10-8-14)26-13-18(23)21-20-17(22)11-12-19-27(24,25)16-5-3-2-4-6-16/h2-10,19H,11-13H2,1H3,(H,20,22)(H,21,23). The number of hydrogen-bond acceptors (Lipinski definition) is 5. The molecule has 0 aliphatic carbocycles. The average Bonchev–Trinajstić information content (AvgIpc) is 2.66. The molecule has 0 bridgehead atoms. The van der Waals surface area contributed by atoms with Gasteiger partial charge in [-0.05, 0) is 31.2 Å². The molecule has 0 saturated carbocycles. The Bertz CT molecular complexity index is 869. The molecule has 7 nitrogen and oxygen atoms in total. The SMILES string of the molecule is Cc1ccc(SCC(=O)NNC(=O)CCNS(=O)(=O)c2ccccc2)cc1. The van der Waals surface area contributed by atoms with E-state index in [2.05, 4.69) is 15.6 Å². The van der Waals surface area contributed by atoms with Crippen molar-refractivity contribution in [3.05, 3.63) is 60.2 Å². The number of aryl methyl sites for hydroxylation is 1. The van der Waals surface area contributed by atoms with Gasteiger partial charge < -0.3 is 0 Å². The van der Waals surface area contributed by atoms with Crippen molar-refractivity contribution in [2.45, 2.75) is 23.1 Å². The molecule has 0 unspecified atom stereocenters. The summed E-state index contributed by atoms with van der Waals surface area (Å²) in [6.45, 7) is 1.91. The first kappa shape index (κ1) is 20.9. The highest BCUT2D eigenvalue weighted by molar-refractivity contribution is 8.00. The van der Waals surface area contributed by atoms with E-state index < -0.39 is 15.9 Å². The lowest BCUT2D eigenvalue weighted by Crippen LogP contribution is -2.43. The second-order valence-corrected chi connectivity index (χ2v) is 8.47. The smallest absolute Gasteiger partial charge is 0.248 e. The number of sulfonamides is 1. The quantitative estimate of drug-likeness (QED) is 0.455. The fourth-order valence-corrected chi connectivity index (χ4v) is 3.75. The maximum Gasteiger partial charge on any atom is 0.248 e. The zero-order valence-corrected chi connectivity index (χ0v) is 16.4. The maximum atomic E-state index is 12.0. The van der Waals surface area contributed by atoms with Gasteiger partial charge in [0.05, 0.1) is 10.6 Å². The lowest BCUT2D eigenvalue weighted by atomic mass is 10.2. The zero-order valence-electron chi connectivity index (χ0n) is 14.8. The minimum absolute atomic E-state index is 0.0724. The highest BCUT2D eigenvalue weighted by Gasteiger charge is 2.13. The molecule has 144 valence electrons. The molecular formula is C18H21N3O4S2. The zero-order chi connectivity index (χ0) is 19.7. The Hall–Kier alpha value is -2.36. The largest absolute Gasteiger partial charge is 0.273 e. The summed E-state index contributed by atoms with van der Waals surface area (Å²) < 4.78 is 26.4. The van der Waals surface area contributed by atoms with Crippen molar-refractivity contribution >= 4 is 33.6 Å². The van der Waals surface area contributed by atoms with Crippen molar-refractivity contribution in [3.63, 3.8) is 0 Å². The van der Waals surface area contributed by atoms with E-state index in [1.165, 1.54) is 23.9 Å². The van der Waals surface area contributed by atoms with Crippen LogP contribution in [0.5, 0.6) is 0 Å². The fraction of sp³-hybridized carbons (Fsp3) is 0.222. The number of amides is 2. The van der Waals surface area contributed by atoms with Crippen LogP contribution in [0.4, 0.5) is 0 Å². The first-order chi connectivity index (χ1) is 12.9. The van der Waals surface area contributed by atoms with Crippen LogP contribution in [-0.4, -0.2) is 32.5 Å². The molecule has 2 amide bonds. The van der Waals surface area contributed by atoms with Crippen molar-refractivity contribution < 1.29 is 18.0 Å². The summed E-state index contributed by atoms with van der Waals surface area (Å²) in [6, 6.07) is 15.6. The Balaban J connectivity index is 1.65. The highest BCUT2D eigenvalue weighted by atomic mass is 32.2. The molecule has 0 spiro atoms. The Morgan fingerprint density at radius 1 is 0.926 bits per heavy atom. The van der Waals surface area contributed by atoms with Gasteiger partial charge in [-0.15, -0.1) is 11.8 Å². The van der Waals surface area contributed by atoms with E-state index in [0.717, 1.165) is 10.5 Å². The average molecular weight is 408 g/mol. The molecule has 2 aromatic rings. The van der Waals surface area contributed by atoms with E-state index >= 15 is 0 Å². The molecule has 2 rings (SSSR count). The van der Waals surface area contributed by atoms with Crippen molar-refractivity contribution in [2.24, 2.45) is 0 Å². The Morgan fingerprint density at radius 3 is 2.22 bits per heavy atom. The predicted octanol–water partition coefficient (Wildman–Crippen LogP) is 1.60. The second-order valence-electron chi connectivity index (χ2n) is 5.66. The lowest BCUT2D eigenvalue weighted by molar-refractivity contribution is -0.127. The van der Waals surface area contributed by atoms with Gasteiger partial charge in [0.2, 0.25) is 21.8 Å². The summed E-state index contributed by atoms with van der Waals surface area (Å²) in [7, 11) is -3.65. The number of carbonyl (C=O) groups is 2. The van der Waals surface area contributed by atoms with E-state index in [1.807, 2.05) is 31.2 Å². The van der Waals surface area contributed by atoms with Crippen molar-refractivity contribution in [2.75, 3.05) is 12.3 Å². The van der Waals surface area contributed by atoms with Gasteiger partial charge in [0.25, 0.3) is 0 Å². The summed E-state index contributed by atoms with van der Waals surface area (Å²) in [6.07, 6.45) is -0.0998. The van der Waals surface area contributed by atoms with Gasteiger partial charge in [0.15, 0.2) is 0 Å². The monoisotopic (exact) mass is 407 g/mol. The van der Waals surface area contributed by atoms with Crippen LogP contribution in [0.25, 0.3) is 0 Å². The Labute approximate surface area is 163 Å². The molecule has 0 atom stereocenters. The van der Waals surface area contributed by atoms with Gasteiger partial charge in [-0.25, -0.2) is 13.1 Å². The minimum atomic E-state index is -3.65. The lowest BCUT2D eigenvalue weighted by Gasteiger charge is -2.09. The highest BCUT2D eigenvalue weighted by Crippen LogP contribution is 2.17. The summed E-state index contributed by atoms with van der Waals surface area (Å²) in [5.74, 6) is -0.678. The van der Waals surface area contributed by atoms with Crippen molar-refractivity contribution in [3.8, 4) is 0 Å². The molecule has 0 radical (unpaired) electrons. The van der Waals surface area contributed by atoms with Gasteiger partial charge in [-0.1, -0.05) is 35.9 Å². The van der Waals surface area contributed by atoms with E-state index in [4.69, 9.17) is 0 Å². The van der Waals surface area contributed by atoms with Crippen LogP contribution in [0, 0.1) is 6.92 Å². The van der Waals surface area contributed by atoms with E-state index in [-0.39, 0.29) is 29.5 Å². The molecule has 2 aromatic carbocycles. The van der Waals surface area contributed by atoms with Crippen molar-refractivity contribution in [1.29, 1.82) is 0 Å². The summed E-state index contributed by atoms with van der Waals surface area (Å²) in [5.41, 5.74) is 5.71. The van der Waals surface area contributed by atoms with E-state index in [0.29, 0.717) is 0 Å². The van der Waals surface area contributed by atoms with Gasteiger partial charge in [-0.3, -0.25) is 20.4 Å². The van der Waals surface area contributed by atoms with Crippen LogP contribution in [0.1, 0.15) is 12.0 Å². The first-order valence-electron chi connectivity index (χ1n) is 8.19.